The van der Waals surface area contributed by atoms with Crippen LogP contribution in [-0.2, 0) is 6.42 Å². The monoisotopic (exact) mass is 269 g/mol. The van der Waals surface area contributed by atoms with E-state index in [2.05, 4.69) is 22.4 Å². The smallest absolute Gasteiger partial charge is 0.0121 e. The van der Waals surface area contributed by atoms with Gasteiger partial charge in [0.25, 0.3) is 0 Å². The highest BCUT2D eigenvalue weighted by atomic mass is 35.5. The minimum absolute atomic E-state index is 0. The third kappa shape index (κ3) is 3.12. The number of hydrogen-bond acceptors (Lipinski definition) is 2. The molecule has 1 aromatic rings. The minimum atomic E-state index is 0. The van der Waals surface area contributed by atoms with E-state index in [0.29, 0.717) is 0 Å². The second-order valence-corrected chi connectivity index (χ2v) is 5.90. The van der Waals surface area contributed by atoms with Gasteiger partial charge < -0.3 is 4.90 Å². The van der Waals surface area contributed by atoms with E-state index in [1.807, 2.05) is 11.3 Å². The van der Waals surface area contributed by atoms with Crippen molar-refractivity contribution in [3.05, 3.63) is 27.5 Å². The van der Waals surface area contributed by atoms with Crippen LogP contribution >= 0.6 is 23.7 Å². The summed E-state index contributed by atoms with van der Waals surface area (Å²) >= 11 is 1.92. The molecule has 0 bridgehead atoms. The average Bonchev–Trinajstić information content (AvgIpc) is 2.97. The first-order valence-electron chi connectivity index (χ1n) is 6.40. The van der Waals surface area contributed by atoms with Crippen LogP contribution in [-0.4, -0.2) is 24.5 Å². The fourth-order valence-electron chi connectivity index (χ4n) is 2.75. The Balaban J connectivity index is 0.00000108. The number of fused-ring (bicyclic) bond motifs is 1. The highest BCUT2D eigenvalue weighted by molar-refractivity contribution is 7.10. The van der Waals surface area contributed by atoms with Gasteiger partial charge in [-0.25, -0.2) is 0 Å². The molecule has 0 saturated carbocycles. The minimum Gasteiger partial charge on any atom is -0.303 e. The molecule has 94 valence electrons. The number of nitrogens with zero attached hydrogens (tertiary/aromatic N) is 1. The van der Waals surface area contributed by atoms with Gasteiger partial charge in [-0.05, 0) is 62.2 Å². The summed E-state index contributed by atoms with van der Waals surface area (Å²) in [5, 5.41) is 2.23. The SMILES string of the molecule is C1=C(CCN2CCCC2)CCc2sccc21.Cl. The topological polar surface area (TPSA) is 3.24 Å². The van der Waals surface area contributed by atoms with Crippen LogP contribution in [0.1, 0.15) is 36.1 Å². The van der Waals surface area contributed by atoms with Crippen molar-refractivity contribution in [3.8, 4) is 0 Å². The second-order valence-electron chi connectivity index (χ2n) is 4.90. The molecule has 0 amide bonds. The van der Waals surface area contributed by atoms with Crippen LogP contribution in [0.15, 0.2) is 17.0 Å². The van der Waals surface area contributed by atoms with Crippen LogP contribution in [0.3, 0.4) is 0 Å². The van der Waals surface area contributed by atoms with E-state index in [9.17, 15) is 0 Å². The van der Waals surface area contributed by atoms with Gasteiger partial charge in [0.15, 0.2) is 0 Å². The van der Waals surface area contributed by atoms with Crippen molar-refractivity contribution in [2.75, 3.05) is 19.6 Å². The standard InChI is InChI=1S/C14H19NS.ClH/c1-2-8-15(7-1)9-5-12-3-4-14-13(11-12)6-10-16-14;/h6,10-11H,1-5,7-9H2;1H. The fraction of sp³-hybridized carbons (Fsp3) is 0.571. The number of aryl methyl sites for hydroxylation is 1. The van der Waals surface area contributed by atoms with Gasteiger partial charge in [-0.15, -0.1) is 23.7 Å². The molecule has 2 heterocycles. The van der Waals surface area contributed by atoms with Crippen molar-refractivity contribution >= 4 is 29.8 Å². The Morgan fingerprint density at radius 2 is 2.00 bits per heavy atom. The van der Waals surface area contributed by atoms with Crippen molar-refractivity contribution in [1.29, 1.82) is 0 Å². The van der Waals surface area contributed by atoms with E-state index in [1.165, 1.54) is 57.3 Å². The summed E-state index contributed by atoms with van der Waals surface area (Å²) in [6.07, 6.45) is 9.11. The van der Waals surface area contributed by atoms with Crippen molar-refractivity contribution in [3.63, 3.8) is 0 Å². The zero-order chi connectivity index (χ0) is 10.8. The molecule has 1 aliphatic heterocycles. The Morgan fingerprint density at radius 3 is 2.82 bits per heavy atom. The maximum absolute atomic E-state index is 2.62. The molecule has 3 heteroatoms. The molecule has 1 aliphatic carbocycles. The molecule has 1 nitrogen and oxygen atoms in total. The van der Waals surface area contributed by atoms with E-state index in [1.54, 1.807) is 10.5 Å². The van der Waals surface area contributed by atoms with E-state index in [0.717, 1.165) is 0 Å². The maximum atomic E-state index is 2.62. The second kappa shape index (κ2) is 6.03. The van der Waals surface area contributed by atoms with Gasteiger partial charge in [-0.2, -0.15) is 0 Å². The number of hydrogen-bond donors (Lipinski definition) is 0. The molecule has 1 fully saturated rings. The van der Waals surface area contributed by atoms with Gasteiger partial charge in [-0.3, -0.25) is 0 Å². The van der Waals surface area contributed by atoms with Gasteiger partial charge >= 0.3 is 0 Å². The van der Waals surface area contributed by atoms with Crippen molar-refractivity contribution < 1.29 is 0 Å². The maximum Gasteiger partial charge on any atom is 0.0121 e. The first-order valence-corrected chi connectivity index (χ1v) is 7.28. The molecule has 0 N–H and O–H groups in total. The Kier molecular flexibility index (Phi) is 4.66. The predicted octanol–water partition coefficient (Wildman–Crippen LogP) is 3.99. The highest BCUT2D eigenvalue weighted by Crippen LogP contribution is 2.29. The molecule has 0 atom stereocenters. The molecule has 0 radical (unpaired) electrons. The number of halogens is 1. The number of likely N-dealkylation sites (tertiary alicyclic amines) is 1. The van der Waals surface area contributed by atoms with Crippen LogP contribution in [0, 0.1) is 0 Å². The molecule has 2 aliphatic rings. The van der Waals surface area contributed by atoms with Gasteiger partial charge in [0.05, 0.1) is 0 Å². The van der Waals surface area contributed by atoms with Gasteiger partial charge in [0.1, 0.15) is 0 Å². The van der Waals surface area contributed by atoms with E-state index >= 15 is 0 Å². The summed E-state index contributed by atoms with van der Waals surface area (Å²) in [6, 6.07) is 2.27. The third-order valence-electron chi connectivity index (χ3n) is 3.76. The molecular formula is C14H20ClNS. The quantitative estimate of drug-likeness (QED) is 0.802. The van der Waals surface area contributed by atoms with Crippen LogP contribution < -0.4 is 0 Å². The van der Waals surface area contributed by atoms with Crippen molar-refractivity contribution in [2.45, 2.75) is 32.1 Å². The van der Waals surface area contributed by atoms with Crippen LogP contribution in [0.5, 0.6) is 0 Å². The average molecular weight is 270 g/mol. The summed E-state index contributed by atoms with van der Waals surface area (Å²) in [5.41, 5.74) is 3.16. The lowest BCUT2D eigenvalue weighted by Crippen LogP contribution is -2.21. The van der Waals surface area contributed by atoms with Crippen molar-refractivity contribution in [2.24, 2.45) is 0 Å². The van der Waals surface area contributed by atoms with E-state index < -0.39 is 0 Å². The summed E-state index contributed by atoms with van der Waals surface area (Å²) in [6.45, 7) is 3.94. The molecule has 0 spiro atoms. The molecule has 0 unspecified atom stereocenters. The lowest BCUT2D eigenvalue weighted by Gasteiger charge is -2.18. The largest absolute Gasteiger partial charge is 0.303 e. The molecule has 17 heavy (non-hydrogen) atoms. The lowest BCUT2D eigenvalue weighted by atomic mass is 9.96. The number of rotatable bonds is 3. The summed E-state index contributed by atoms with van der Waals surface area (Å²) in [4.78, 5) is 4.20. The van der Waals surface area contributed by atoms with E-state index in [4.69, 9.17) is 0 Å². The molecule has 1 aromatic heterocycles. The molecule has 0 aromatic carbocycles. The summed E-state index contributed by atoms with van der Waals surface area (Å²) in [5.74, 6) is 0. The third-order valence-corrected chi connectivity index (χ3v) is 4.76. The van der Waals surface area contributed by atoms with Gasteiger partial charge in [-0.1, -0.05) is 11.6 Å². The number of thiophene rings is 1. The molecule has 3 rings (SSSR count). The van der Waals surface area contributed by atoms with Gasteiger partial charge in [0.2, 0.25) is 0 Å². The van der Waals surface area contributed by atoms with Crippen LogP contribution in [0.2, 0.25) is 0 Å². The van der Waals surface area contributed by atoms with E-state index in [-0.39, 0.29) is 12.4 Å². The molecular weight excluding hydrogens is 250 g/mol. The summed E-state index contributed by atoms with van der Waals surface area (Å²) < 4.78 is 0. The van der Waals surface area contributed by atoms with Crippen LogP contribution in [0.4, 0.5) is 0 Å². The van der Waals surface area contributed by atoms with Crippen LogP contribution in [0.25, 0.3) is 6.08 Å². The Bertz CT molecular complexity index is 391. The Hall–Kier alpha value is -0.310. The zero-order valence-electron chi connectivity index (χ0n) is 10.2. The normalized spacial score (nSPS) is 19.6. The zero-order valence-corrected chi connectivity index (χ0v) is 11.8. The Morgan fingerprint density at radius 1 is 1.18 bits per heavy atom. The van der Waals surface area contributed by atoms with Crippen molar-refractivity contribution in [1.82, 2.24) is 4.90 Å². The lowest BCUT2D eigenvalue weighted by molar-refractivity contribution is 0.342. The predicted molar refractivity (Wildman–Crippen MR) is 78.2 cm³/mol. The first kappa shape index (κ1) is 13.1. The first-order chi connectivity index (χ1) is 7.92. The molecule has 1 saturated heterocycles. The Labute approximate surface area is 114 Å². The van der Waals surface area contributed by atoms with Gasteiger partial charge in [0, 0.05) is 11.4 Å². The highest BCUT2D eigenvalue weighted by Gasteiger charge is 2.14. The summed E-state index contributed by atoms with van der Waals surface area (Å²) in [7, 11) is 0. The fourth-order valence-corrected chi connectivity index (χ4v) is 3.62.